The van der Waals surface area contributed by atoms with E-state index in [-0.39, 0.29) is 0 Å². The maximum absolute atomic E-state index is 6.19. The van der Waals surface area contributed by atoms with Crippen LogP contribution in [0, 0.1) is 0 Å². The average molecular weight is 307 g/mol. The van der Waals surface area contributed by atoms with Gasteiger partial charge in [0.2, 0.25) is 0 Å². The van der Waals surface area contributed by atoms with E-state index in [1.807, 2.05) is 30.3 Å². The molecule has 1 nitrogen and oxygen atoms in total. The molecule has 0 amide bonds. The van der Waals surface area contributed by atoms with E-state index in [0.29, 0.717) is 0 Å². The molecule has 1 aromatic heterocycles. The summed E-state index contributed by atoms with van der Waals surface area (Å²) in [6.45, 7) is 0. The standard InChI is InChI=1S/C14H9BrClN/c15-10-5-6-13-9(7-10)8-14(17-13)11-3-1-2-4-12(11)16/h1-8,17H. The monoisotopic (exact) mass is 305 g/mol. The molecule has 0 radical (unpaired) electrons. The van der Waals surface area contributed by atoms with Crippen molar-refractivity contribution in [3.63, 3.8) is 0 Å². The van der Waals surface area contributed by atoms with E-state index in [1.54, 1.807) is 0 Å². The van der Waals surface area contributed by atoms with Crippen LogP contribution in [0.1, 0.15) is 0 Å². The maximum Gasteiger partial charge on any atom is 0.0499 e. The van der Waals surface area contributed by atoms with Crippen molar-refractivity contribution in [3.8, 4) is 11.3 Å². The second-order valence-electron chi connectivity index (χ2n) is 3.89. The zero-order valence-corrected chi connectivity index (χ0v) is 11.2. The molecule has 0 unspecified atom stereocenters. The zero-order chi connectivity index (χ0) is 11.8. The molecule has 0 aliphatic heterocycles. The van der Waals surface area contributed by atoms with Gasteiger partial charge in [-0.15, -0.1) is 0 Å². The Balaban J connectivity index is 2.22. The molecule has 3 heteroatoms. The van der Waals surface area contributed by atoms with Crippen molar-refractivity contribution in [2.75, 3.05) is 0 Å². The molecule has 0 saturated carbocycles. The third kappa shape index (κ3) is 1.99. The number of halogens is 2. The molecular weight excluding hydrogens is 298 g/mol. The molecule has 3 rings (SSSR count). The number of H-pyrrole nitrogens is 1. The minimum absolute atomic E-state index is 0.762. The Morgan fingerprint density at radius 3 is 2.65 bits per heavy atom. The summed E-state index contributed by atoms with van der Waals surface area (Å²) in [4.78, 5) is 3.37. The number of nitrogens with one attached hydrogen (secondary N) is 1. The van der Waals surface area contributed by atoms with E-state index in [1.165, 1.54) is 5.39 Å². The first-order chi connectivity index (χ1) is 8.24. The lowest BCUT2D eigenvalue weighted by Crippen LogP contribution is -1.77. The van der Waals surface area contributed by atoms with E-state index >= 15 is 0 Å². The first kappa shape index (κ1) is 10.9. The Bertz CT molecular complexity index is 688. The fourth-order valence-corrected chi connectivity index (χ4v) is 2.54. The van der Waals surface area contributed by atoms with Gasteiger partial charge in [-0.3, -0.25) is 0 Å². The Morgan fingerprint density at radius 1 is 1.00 bits per heavy atom. The molecule has 1 heterocycles. The summed E-state index contributed by atoms with van der Waals surface area (Å²) in [5.41, 5.74) is 3.19. The van der Waals surface area contributed by atoms with Crippen LogP contribution in [0.2, 0.25) is 5.02 Å². The third-order valence-corrected chi connectivity index (χ3v) is 3.57. The molecule has 0 atom stereocenters. The summed E-state index contributed by atoms with van der Waals surface area (Å²) in [7, 11) is 0. The highest BCUT2D eigenvalue weighted by Crippen LogP contribution is 2.30. The molecule has 17 heavy (non-hydrogen) atoms. The van der Waals surface area contributed by atoms with Crippen molar-refractivity contribution in [2.24, 2.45) is 0 Å². The van der Waals surface area contributed by atoms with E-state index in [9.17, 15) is 0 Å². The van der Waals surface area contributed by atoms with Gasteiger partial charge in [0.1, 0.15) is 0 Å². The van der Waals surface area contributed by atoms with Crippen molar-refractivity contribution in [3.05, 3.63) is 58.0 Å². The molecule has 0 spiro atoms. The number of hydrogen-bond acceptors (Lipinski definition) is 0. The molecule has 0 saturated heterocycles. The normalized spacial score (nSPS) is 10.9. The van der Waals surface area contributed by atoms with Crippen molar-refractivity contribution < 1.29 is 0 Å². The van der Waals surface area contributed by atoms with E-state index in [2.05, 4.69) is 39.1 Å². The minimum Gasteiger partial charge on any atom is -0.354 e. The van der Waals surface area contributed by atoms with Gasteiger partial charge < -0.3 is 4.98 Å². The summed E-state index contributed by atoms with van der Waals surface area (Å²) in [6.07, 6.45) is 0. The average Bonchev–Trinajstić information content (AvgIpc) is 2.72. The van der Waals surface area contributed by atoms with Gasteiger partial charge in [-0.1, -0.05) is 45.7 Å². The highest BCUT2D eigenvalue weighted by molar-refractivity contribution is 9.10. The van der Waals surface area contributed by atoms with Crippen LogP contribution in [0.4, 0.5) is 0 Å². The number of rotatable bonds is 1. The van der Waals surface area contributed by atoms with Gasteiger partial charge in [0.05, 0.1) is 0 Å². The van der Waals surface area contributed by atoms with Crippen LogP contribution in [-0.2, 0) is 0 Å². The summed E-state index contributed by atoms with van der Waals surface area (Å²) < 4.78 is 1.08. The molecule has 0 bridgehead atoms. The first-order valence-corrected chi connectivity index (χ1v) is 6.44. The molecule has 1 N–H and O–H groups in total. The van der Waals surface area contributed by atoms with Gasteiger partial charge in [-0.05, 0) is 30.3 Å². The summed E-state index contributed by atoms with van der Waals surface area (Å²) >= 11 is 9.66. The summed E-state index contributed by atoms with van der Waals surface area (Å²) in [5, 5.41) is 1.94. The van der Waals surface area contributed by atoms with Crippen LogP contribution in [0.3, 0.4) is 0 Å². The van der Waals surface area contributed by atoms with Crippen LogP contribution in [0.15, 0.2) is 53.0 Å². The molecule has 2 aromatic carbocycles. The number of fused-ring (bicyclic) bond motifs is 1. The van der Waals surface area contributed by atoms with Crippen molar-refractivity contribution in [1.82, 2.24) is 4.98 Å². The molecule has 84 valence electrons. The SMILES string of the molecule is Clc1ccccc1-c1cc2cc(Br)ccc2[nH]1. The largest absolute Gasteiger partial charge is 0.354 e. The number of benzene rings is 2. The van der Waals surface area contributed by atoms with E-state index < -0.39 is 0 Å². The fourth-order valence-electron chi connectivity index (χ4n) is 1.93. The second kappa shape index (κ2) is 4.21. The van der Waals surface area contributed by atoms with Gasteiger partial charge in [-0.25, -0.2) is 0 Å². The van der Waals surface area contributed by atoms with Crippen molar-refractivity contribution >= 4 is 38.4 Å². The quantitative estimate of drug-likeness (QED) is 0.632. The van der Waals surface area contributed by atoms with Crippen molar-refractivity contribution in [1.29, 1.82) is 0 Å². The van der Waals surface area contributed by atoms with E-state index in [0.717, 1.165) is 26.3 Å². The van der Waals surface area contributed by atoms with Crippen LogP contribution in [0.25, 0.3) is 22.2 Å². The predicted molar refractivity (Wildman–Crippen MR) is 76.4 cm³/mol. The summed E-state index contributed by atoms with van der Waals surface area (Å²) in [6, 6.07) is 16.1. The van der Waals surface area contributed by atoms with Crippen LogP contribution < -0.4 is 0 Å². The summed E-state index contributed by atoms with van der Waals surface area (Å²) in [5.74, 6) is 0. The molecule has 0 aliphatic carbocycles. The lowest BCUT2D eigenvalue weighted by Gasteiger charge is -1.99. The van der Waals surface area contributed by atoms with E-state index in [4.69, 9.17) is 11.6 Å². The Kier molecular flexibility index (Phi) is 2.69. The zero-order valence-electron chi connectivity index (χ0n) is 8.87. The topological polar surface area (TPSA) is 15.8 Å². The third-order valence-electron chi connectivity index (χ3n) is 2.75. The van der Waals surface area contributed by atoms with Gasteiger partial charge in [-0.2, -0.15) is 0 Å². The number of aromatic nitrogens is 1. The number of aromatic amines is 1. The maximum atomic E-state index is 6.19. The van der Waals surface area contributed by atoms with Gasteiger partial charge in [0.15, 0.2) is 0 Å². The van der Waals surface area contributed by atoms with Crippen LogP contribution in [0.5, 0.6) is 0 Å². The lowest BCUT2D eigenvalue weighted by molar-refractivity contribution is 1.45. The van der Waals surface area contributed by atoms with Gasteiger partial charge in [0, 0.05) is 31.7 Å². The van der Waals surface area contributed by atoms with Crippen molar-refractivity contribution in [2.45, 2.75) is 0 Å². The number of hydrogen-bond donors (Lipinski definition) is 1. The first-order valence-electron chi connectivity index (χ1n) is 5.27. The molecular formula is C14H9BrClN. The van der Waals surface area contributed by atoms with Crippen LogP contribution >= 0.6 is 27.5 Å². The molecule has 0 fully saturated rings. The Morgan fingerprint density at radius 2 is 1.82 bits per heavy atom. The fraction of sp³-hybridized carbons (Fsp3) is 0. The second-order valence-corrected chi connectivity index (χ2v) is 5.22. The Hall–Kier alpha value is -1.25. The highest BCUT2D eigenvalue weighted by atomic mass is 79.9. The highest BCUT2D eigenvalue weighted by Gasteiger charge is 2.06. The molecule has 3 aromatic rings. The smallest absolute Gasteiger partial charge is 0.0499 e. The van der Waals surface area contributed by atoms with Gasteiger partial charge >= 0.3 is 0 Å². The van der Waals surface area contributed by atoms with Crippen LogP contribution in [-0.4, -0.2) is 4.98 Å². The predicted octanol–water partition coefficient (Wildman–Crippen LogP) is 5.25. The van der Waals surface area contributed by atoms with Gasteiger partial charge in [0.25, 0.3) is 0 Å². The molecule has 0 aliphatic rings. The lowest BCUT2D eigenvalue weighted by atomic mass is 10.1. The minimum atomic E-state index is 0.762. The Labute approximate surface area is 113 Å².